The highest BCUT2D eigenvalue weighted by Gasteiger charge is 1.99. The lowest BCUT2D eigenvalue weighted by molar-refractivity contribution is 0.340. The largest absolute Gasteiger partial charge is 0.493 e. The van der Waals surface area contributed by atoms with Gasteiger partial charge in [0.05, 0.1) is 12.8 Å². The van der Waals surface area contributed by atoms with Crippen LogP contribution in [0.5, 0.6) is 5.75 Å². The van der Waals surface area contributed by atoms with Gasteiger partial charge in [0.25, 0.3) is 0 Å². The first-order valence-electron chi connectivity index (χ1n) is 13.6. The fraction of sp³-hybridized carbons (Fsp3) is 0.714. The maximum Gasteiger partial charge on any atom is 0.186 e. The Morgan fingerprint density at radius 3 is 1.85 bits per heavy atom. The molecule has 0 radical (unpaired) electrons. The van der Waals surface area contributed by atoms with Crippen molar-refractivity contribution in [3.05, 3.63) is 29.8 Å². The number of hydrogen-bond acceptors (Lipinski definition) is 3. The van der Waals surface area contributed by atoms with E-state index in [1.807, 2.05) is 31.2 Å². The Kier molecular flexibility index (Phi) is 19.8. The first-order chi connectivity index (χ1) is 16.3. The minimum absolute atomic E-state index is 0.570. The van der Waals surface area contributed by atoms with Crippen LogP contribution in [0.3, 0.4) is 0 Å². The van der Waals surface area contributed by atoms with Gasteiger partial charge in [-0.1, -0.05) is 115 Å². The van der Waals surface area contributed by atoms with Crippen molar-refractivity contribution in [1.29, 1.82) is 0 Å². The maximum atomic E-state index is 5.59. The molecule has 0 aliphatic carbocycles. The van der Waals surface area contributed by atoms with Gasteiger partial charge in [0.2, 0.25) is 0 Å². The first-order valence-corrected chi connectivity index (χ1v) is 14.0. The second-order valence-corrected chi connectivity index (χ2v) is 9.31. The van der Waals surface area contributed by atoms with Gasteiger partial charge in [-0.05, 0) is 37.7 Å². The van der Waals surface area contributed by atoms with Crippen LogP contribution in [0, 0.1) is 0 Å². The molecule has 0 aliphatic rings. The van der Waals surface area contributed by atoms with Crippen molar-refractivity contribution in [2.45, 2.75) is 117 Å². The molecule has 0 bridgehead atoms. The molecule has 0 amide bonds. The molecule has 1 rings (SSSR count). The molecule has 0 atom stereocenters. The molecule has 0 heterocycles. The zero-order chi connectivity index (χ0) is 23.8. The summed E-state index contributed by atoms with van der Waals surface area (Å²) >= 11 is 5.30. The molecule has 1 aromatic rings. The summed E-state index contributed by atoms with van der Waals surface area (Å²) in [7, 11) is 0. The fourth-order valence-corrected chi connectivity index (χ4v) is 4.10. The normalized spacial score (nSPS) is 11.1. The third kappa shape index (κ3) is 17.5. The molecule has 4 nitrogen and oxygen atoms in total. The molecule has 0 unspecified atom stereocenters. The third-order valence-electron chi connectivity index (χ3n) is 5.90. The van der Waals surface area contributed by atoms with E-state index in [2.05, 4.69) is 22.8 Å². The number of benzene rings is 1. The predicted octanol–water partition coefficient (Wildman–Crippen LogP) is 8.14. The molecule has 5 heteroatoms. The molecule has 0 spiro atoms. The Balaban J connectivity index is 1.87. The Labute approximate surface area is 209 Å². The summed E-state index contributed by atoms with van der Waals surface area (Å²) in [6, 6.07) is 7.85. The average Bonchev–Trinajstić information content (AvgIpc) is 2.82. The van der Waals surface area contributed by atoms with Gasteiger partial charge in [0.1, 0.15) is 5.75 Å². The molecule has 2 N–H and O–H groups in total. The van der Waals surface area contributed by atoms with Crippen molar-refractivity contribution < 1.29 is 4.74 Å². The van der Waals surface area contributed by atoms with E-state index in [4.69, 9.17) is 17.0 Å². The molecule has 0 fully saturated rings. The van der Waals surface area contributed by atoms with Crippen LogP contribution in [-0.2, 0) is 0 Å². The van der Waals surface area contributed by atoms with E-state index in [0.717, 1.165) is 24.3 Å². The number of nitrogens with one attached hydrogen (secondary N) is 2. The van der Waals surface area contributed by atoms with E-state index < -0.39 is 0 Å². The topological polar surface area (TPSA) is 45.7 Å². The smallest absolute Gasteiger partial charge is 0.186 e. The van der Waals surface area contributed by atoms with Gasteiger partial charge < -0.3 is 10.1 Å². The number of unbranched alkanes of at least 4 members (excludes halogenated alkanes) is 15. The van der Waals surface area contributed by atoms with Crippen LogP contribution in [0.1, 0.15) is 122 Å². The quantitative estimate of drug-likeness (QED) is 0.0815. The van der Waals surface area contributed by atoms with Crippen LogP contribution >= 0.6 is 12.2 Å². The van der Waals surface area contributed by atoms with Gasteiger partial charge in [-0.2, -0.15) is 5.10 Å². The van der Waals surface area contributed by atoms with Crippen LogP contribution in [0.4, 0.5) is 0 Å². The maximum absolute atomic E-state index is 5.59. The van der Waals surface area contributed by atoms with Crippen molar-refractivity contribution in [3.8, 4) is 5.75 Å². The van der Waals surface area contributed by atoms with E-state index in [1.165, 1.54) is 96.3 Å². The molecule has 0 aliphatic heterocycles. The summed E-state index contributed by atoms with van der Waals surface area (Å²) in [4.78, 5) is 0. The van der Waals surface area contributed by atoms with Crippen LogP contribution in [0.2, 0.25) is 0 Å². The summed E-state index contributed by atoms with van der Waals surface area (Å²) in [5.41, 5.74) is 3.83. The zero-order valence-electron chi connectivity index (χ0n) is 21.4. The van der Waals surface area contributed by atoms with Crippen molar-refractivity contribution in [1.82, 2.24) is 10.7 Å². The van der Waals surface area contributed by atoms with Crippen LogP contribution < -0.4 is 15.5 Å². The van der Waals surface area contributed by atoms with Crippen molar-refractivity contribution in [3.63, 3.8) is 0 Å². The SMILES string of the molecule is CCCCCCCCCCCCCCCCCCNC(=S)N/N=C\c1ccccc1OCC. The predicted molar refractivity (Wildman–Crippen MR) is 148 cm³/mol. The molecule has 0 saturated heterocycles. The Morgan fingerprint density at radius 2 is 1.30 bits per heavy atom. The second kappa shape index (κ2) is 22.2. The second-order valence-electron chi connectivity index (χ2n) is 8.90. The minimum Gasteiger partial charge on any atom is -0.493 e. The van der Waals surface area contributed by atoms with Gasteiger partial charge >= 0.3 is 0 Å². The summed E-state index contributed by atoms with van der Waals surface area (Å²) in [5.74, 6) is 0.831. The standard InChI is InChI=1S/C28H49N3OS/c1-3-5-6-7-8-9-10-11-12-13-14-15-16-17-18-21-24-29-28(33)31-30-25-26-22-19-20-23-27(26)32-4-2/h19-20,22-23,25H,3-18,21,24H2,1-2H3,(H2,29,31,33)/b30-25-. The van der Waals surface area contributed by atoms with Crippen molar-refractivity contribution in [2.24, 2.45) is 5.10 Å². The van der Waals surface area contributed by atoms with Crippen LogP contribution in [-0.4, -0.2) is 24.5 Å². The van der Waals surface area contributed by atoms with Crippen molar-refractivity contribution >= 4 is 23.5 Å². The van der Waals surface area contributed by atoms with Gasteiger partial charge in [-0.25, -0.2) is 0 Å². The summed E-state index contributed by atoms with van der Waals surface area (Å²) < 4.78 is 5.59. The van der Waals surface area contributed by atoms with E-state index in [0.29, 0.717) is 11.7 Å². The number of para-hydroxylation sites is 1. The highest BCUT2D eigenvalue weighted by molar-refractivity contribution is 7.80. The zero-order valence-corrected chi connectivity index (χ0v) is 22.2. The van der Waals surface area contributed by atoms with E-state index in [1.54, 1.807) is 6.21 Å². The number of ether oxygens (including phenoxy) is 1. The summed E-state index contributed by atoms with van der Waals surface area (Å²) in [6.07, 6.45) is 23.9. The van der Waals surface area contributed by atoms with E-state index in [9.17, 15) is 0 Å². The lowest BCUT2D eigenvalue weighted by atomic mass is 10.0. The first kappa shape index (κ1) is 29.4. The van der Waals surface area contributed by atoms with E-state index in [-0.39, 0.29) is 0 Å². The average molecular weight is 476 g/mol. The number of thiocarbonyl (C=S) groups is 1. The molecule has 33 heavy (non-hydrogen) atoms. The van der Waals surface area contributed by atoms with Gasteiger partial charge in [0.15, 0.2) is 5.11 Å². The number of hydrogen-bond donors (Lipinski definition) is 2. The third-order valence-corrected chi connectivity index (χ3v) is 6.14. The van der Waals surface area contributed by atoms with E-state index >= 15 is 0 Å². The number of rotatable bonds is 21. The summed E-state index contributed by atoms with van der Waals surface area (Å²) in [5, 5.41) is 8.02. The van der Waals surface area contributed by atoms with Gasteiger partial charge in [0, 0.05) is 12.1 Å². The van der Waals surface area contributed by atoms with Crippen molar-refractivity contribution in [2.75, 3.05) is 13.2 Å². The highest BCUT2D eigenvalue weighted by atomic mass is 32.1. The number of hydrazone groups is 1. The molecular formula is C28H49N3OS. The molecule has 0 aromatic heterocycles. The monoisotopic (exact) mass is 475 g/mol. The highest BCUT2D eigenvalue weighted by Crippen LogP contribution is 2.15. The lowest BCUT2D eigenvalue weighted by Crippen LogP contribution is -2.32. The van der Waals surface area contributed by atoms with Crippen LogP contribution in [0.15, 0.2) is 29.4 Å². The van der Waals surface area contributed by atoms with Gasteiger partial charge in [-0.3, -0.25) is 5.43 Å². The minimum atomic E-state index is 0.570. The lowest BCUT2D eigenvalue weighted by Gasteiger charge is -2.08. The Bertz CT molecular complexity index is 621. The molecule has 188 valence electrons. The van der Waals surface area contributed by atoms with Crippen LogP contribution in [0.25, 0.3) is 0 Å². The summed E-state index contributed by atoms with van der Waals surface area (Å²) in [6.45, 7) is 5.80. The Morgan fingerprint density at radius 1 is 0.788 bits per heavy atom. The fourth-order valence-electron chi connectivity index (χ4n) is 3.95. The Hall–Kier alpha value is -1.62. The molecule has 1 aromatic carbocycles. The number of nitrogens with zero attached hydrogens (tertiary/aromatic N) is 1. The van der Waals surface area contributed by atoms with Gasteiger partial charge in [-0.15, -0.1) is 0 Å². The molecular weight excluding hydrogens is 426 g/mol. The molecule has 0 saturated carbocycles.